The van der Waals surface area contributed by atoms with Crippen LogP contribution >= 0.6 is 12.2 Å². The first-order valence-electron chi connectivity index (χ1n) is 4.75. The fourth-order valence-corrected chi connectivity index (χ4v) is 1.46. The molecule has 1 aromatic carbocycles. The minimum Gasteiger partial charge on any atom is -0.332 e. The van der Waals surface area contributed by atoms with E-state index in [0.29, 0.717) is 10.9 Å². The molecule has 0 saturated carbocycles. The van der Waals surface area contributed by atoms with Crippen molar-refractivity contribution in [3.05, 3.63) is 36.0 Å². The number of para-hydroxylation sites is 1. The molecule has 0 saturated heterocycles. The molecule has 0 aliphatic carbocycles. The molecule has 0 aliphatic rings. The van der Waals surface area contributed by atoms with Gasteiger partial charge in [0, 0.05) is 5.69 Å². The maximum atomic E-state index is 5.14. The lowest BCUT2D eigenvalue weighted by Gasteiger charge is -2.10. The molecule has 1 heterocycles. The largest absolute Gasteiger partial charge is 0.332 e. The fraction of sp³-hybridized carbons (Fsp3) is 0.100. The van der Waals surface area contributed by atoms with E-state index in [9.17, 15) is 0 Å². The average molecular weight is 233 g/mol. The summed E-state index contributed by atoms with van der Waals surface area (Å²) >= 11 is 5.14. The van der Waals surface area contributed by atoms with Gasteiger partial charge in [-0.3, -0.25) is 0 Å². The molecular formula is C10H11N5S. The summed E-state index contributed by atoms with van der Waals surface area (Å²) < 4.78 is 0. The van der Waals surface area contributed by atoms with E-state index < -0.39 is 0 Å². The Morgan fingerprint density at radius 2 is 2.12 bits per heavy atom. The first kappa shape index (κ1) is 10.6. The zero-order valence-corrected chi connectivity index (χ0v) is 9.51. The molecule has 0 radical (unpaired) electrons. The highest BCUT2D eigenvalue weighted by Gasteiger charge is 2.01. The van der Waals surface area contributed by atoms with E-state index in [1.54, 1.807) is 6.20 Å². The van der Waals surface area contributed by atoms with Crippen LogP contribution in [-0.4, -0.2) is 20.5 Å². The molecule has 0 fully saturated rings. The standard InChI is InChI=1S/C10H11N5S/c1-7-4-2-3-5-8(7)12-10(16)13-9-6-11-15-14-9/h2-6H,1H3,(H3,11,12,13,14,15,16). The number of aryl methyl sites for hydroxylation is 1. The van der Waals surface area contributed by atoms with Gasteiger partial charge in [0.2, 0.25) is 0 Å². The molecule has 0 atom stereocenters. The second kappa shape index (κ2) is 4.71. The van der Waals surface area contributed by atoms with E-state index in [2.05, 4.69) is 26.0 Å². The molecule has 0 aliphatic heterocycles. The number of hydrogen-bond donors (Lipinski definition) is 3. The van der Waals surface area contributed by atoms with E-state index in [4.69, 9.17) is 12.2 Å². The topological polar surface area (TPSA) is 65.6 Å². The molecule has 3 N–H and O–H groups in total. The van der Waals surface area contributed by atoms with Crippen LogP contribution in [0.3, 0.4) is 0 Å². The zero-order chi connectivity index (χ0) is 11.4. The molecule has 0 unspecified atom stereocenters. The molecule has 5 nitrogen and oxygen atoms in total. The number of nitrogens with one attached hydrogen (secondary N) is 3. The SMILES string of the molecule is Cc1ccccc1NC(=S)Nc1cn[nH]n1. The highest BCUT2D eigenvalue weighted by Crippen LogP contribution is 2.13. The van der Waals surface area contributed by atoms with Crippen molar-refractivity contribution in [2.45, 2.75) is 6.92 Å². The Morgan fingerprint density at radius 3 is 2.81 bits per heavy atom. The van der Waals surface area contributed by atoms with Crippen LogP contribution < -0.4 is 10.6 Å². The van der Waals surface area contributed by atoms with Crippen LogP contribution in [0, 0.1) is 6.92 Å². The summed E-state index contributed by atoms with van der Waals surface area (Å²) in [6, 6.07) is 7.91. The minimum absolute atomic E-state index is 0.489. The van der Waals surface area contributed by atoms with Crippen molar-refractivity contribution < 1.29 is 0 Å². The predicted octanol–water partition coefficient (Wildman–Crippen LogP) is 1.92. The molecule has 82 valence electrons. The summed E-state index contributed by atoms with van der Waals surface area (Å²) in [6.45, 7) is 2.01. The van der Waals surface area contributed by atoms with E-state index in [1.165, 1.54) is 0 Å². The first-order chi connectivity index (χ1) is 7.75. The van der Waals surface area contributed by atoms with Crippen molar-refractivity contribution in [2.24, 2.45) is 0 Å². The van der Waals surface area contributed by atoms with Crippen LogP contribution in [0.5, 0.6) is 0 Å². The Bertz CT molecular complexity index is 480. The molecule has 1 aromatic heterocycles. The van der Waals surface area contributed by atoms with Crippen LogP contribution in [0.2, 0.25) is 0 Å². The summed E-state index contributed by atoms with van der Waals surface area (Å²) in [5.74, 6) is 0.589. The van der Waals surface area contributed by atoms with Gasteiger partial charge in [-0.2, -0.15) is 10.3 Å². The first-order valence-corrected chi connectivity index (χ1v) is 5.16. The Balaban J connectivity index is 2.00. The van der Waals surface area contributed by atoms with E-state index in [-0.39, 0.29) is 0 Å². The van der Waals surface area contributed by atoms with Crippen LogP contribution in [-0.2, 0) is 0 Å². The van der Waals surface area contributed by atoms with E-state index >= 15 is 0 Å². The van der Waals surface area contributed by atoms with Crippen molar-refractivity contribution in [3.8, 4) is 0 Å². The monoisotopic (exact) mass is 233 g/mol. The third kappa shape index (κ3) is 2.54. The molecule has 0 amide bonds. The van der Waals surface area contributed by atoms with Gasteiger partial charge in [0.15, 0.2) is 10.9 Å². The molecule has 16 heavy (non-hydrogen) atoms. The number of thiocarbonyl (C=S) groups is 1. The van der Waals surface area contributed by atoms with Crippen molar-refractivity contribution in [3.63, 3.8) is 0 Å². The smallest absolute Gasteiger partial charge is 0.176 e. The van der Waals surface area contributed by atoms with Gasteiger partial charge in [0.1, 0.15) is 0 Å². The van der Waals surface area contributed by atoms with Crippen LogP contribution in [0.25, 0.3) is 0 Å². The van der Waals surface area contributed by atoms with E-state index in [0.717, 1.165) is 11.3 Å². The maximum absolute atomic E-state index is 5.14. The van der Waals surface area contributed by atoms with Crippen LogP contribution in [0.4, 0.5) is 11.5 Å². The third-order valence-corrected chi connectivity index (χ3v) is 2.25. The van der Waals surface area contributed by atoms with Gasteiger partial charge in [0.05, 0.1) is 6.20 Å². The number of aromatic nitrogens is 3. The zero-order valence-electron chi connectivity index (χ0n) is 8.69. The van der Waals surface area contributed by atoms with Gasteiger partial charge >= 0.3 is 0 Å². The van der Waals surface area contributed by atoms with E-state index in [1.807, 2.05) is 31.2 Å². The summed E-state index contributed by atoms with van der Waals surface area (Å²) in [7, 11) is 0. The van der Waals surface area contributed by atoms with Crippen molar-refractivity contribution in [2.75, 3.05) is 10.6 Å². The molecule has 2 rings (SSSR count). The Kier molecular flexibility index (Phi) is 3.11. The lowest BCUT2D eigenvalue weighted by atomic mass is 10.2. The molecule has 6 heteroatoms. The normalized spacial score (nSPS) is 9.81. The van der Waals surface area contributed by atoms with Crippen LogP contribution in [0.15, 0.2) is 30.5 Å². The van der Waals surface area contributed by atoms with Gasteiger partial charge in [-0.15, -0.1) is 5.10 Å². The third-order valence-electron chi connectivity index (χ3n) is 2.05. The van der Waals surface area contributed by atoms with Gasteiger partial charge in [0.25, 0.3) is 0 Å². The van der Waals surface area contributed by atoms with Crippen molar-refractivity contribution in [1.29, 1.82) is 0 Å². The number of rotatable bonds is 2. The highest BCUT2D eigenvalue weighted by atomic mass is 32.1. The molecule has 0 spiro atoms. The summed E-state index contributed by atoms with van der Waals surface area (Å²) in [5.41, 5.74) is 2.11. The second-order valence-electron chi connectivity index (χ2n) is 3.25. The number of nitrogens with zero attached hydrogens (tertiary/aromatic N) is 2. The quantitative estimate of drug-likeness (QED) is 0.692. The fourth-order valence-electron chi connectivity index (χ4n) is 1.24. The van der Waals surface area contributed by atoms with Crippen LogP contribution in [0.1, 0.15) is 5.56 Å². The van der Waals surface area contributed by atoms with Crippen molar-refractivity contribution in [1.82, 2.24) is 15.4 Å². The van der Waals surface area contributed by atoms with Gasteiger partial charge in [-0.1, -0.05) is 18.2 Å². The van der Waals surface area contributed by atoms with Gasteiger partial charge in [-0.05, 0) is 30.8 Å². The highest BCUT2D eigenvalue weighted by molar-refractivity contribution is 7.80. The summed E-state index contributed by atoms with van der Waals surface area (Å²) in [5, 5.41) is 16.5. The Hall–Kier alpha value is -1.95. The maximum Gasteiger partial charge on any atom is 0.176 e. The van der Waals surface area contributed by atoms with Crippen molar-refractivity contribution >= 4 is 28.8 Å². The lowest BCUT2D eigenvalue weighted by molar-refractivity contribution is 0.942. The number of aromatic amines is 1. The molecule has 0 bridgehead atoms. The number of anilines is 2. The number of hydrogen-bond acceptors (Lipinski definition) is 3. The molecular weight excluding hydrogens is 222 g/mol. The Morgan fingerprint density at radius 1 is 1.31 bits per heavy atom. The average Bonchev–Trinajstić information content (AvgIpc) is 2.74. The Labute approximate surface area is 98.3 Å². The predicted molar refractivity (Wildman–Crippen MR) is 67.4 cm³/mol. The number of benzene rings is 1. The lowest BCUT2D eigenvalue weighted by Crippen LogP contribution is -2.19. The van der Waals surface area contributed by atoms with Gasteiger partial charge < -0.3 is 10.6 Å². The summed E-state index contributed by atoms with van der Waals surface area (Å²) in [6.07, 6.45) is 1.56. The van der Waals surface area contributed by atoms with Gasteiger partial charge in [-0.25, -0.2) is 0 Å². The number of H-pyrrole nitrogens is 1. The summed E-state index contributed by atoms with van der Waals surface area (Å²) in [4.78, 5) is 0. The molecule has 2 aromatic rings. The second-order valence-corrected chi connectivity index (χ2v) is 3.66. The minimum atomic E-state index is 0.489.